The normalized spacial score (nSPS) is 11.1. The molecule has 0 bridgehead atoms. The van der Waals surface area contributed by atoms with E-state index in [0.717, 1.165) is 24.3 Å². The molecule has 0 aliphatic carbocycles. The molecular weight excluding hydrogens is 389 g/mol. The summed E-state index contributed by atoms with van der Waals surface area (Å²) in [4.78, 5) is 33.2. The Kier molecular flexibility index (Phi) is 6.05. The van der Waals surface area contributed by atoms with Crippen LogP contribution in [-0.2, 0) is 11.0 Å². The van der Waals surface area contributed by atoms with Crippen molar-refractivity contribution in [1.29, 1.82) is 0 Å². The summed E-state index contributed by atoms with van der Waals surface area (Å²) in [6, 6.07) is 7.56. The average Bonchev–Trinajstić information content (AvgIpc) is 2.59. The number of carbonyl (C=O) groups excluding carboxylic acids is 1. The highest BCUT2D eigenvalue weighted by atomic mass is 32.2. The number of carboxylic acid groups (broad SMARTS) is 1. The predicted molar refractivity (Wildman–Crippen MR) is 90.9 cm³/mol. The number of amides is 1. The second kappa shape index (κ2) is 8.08. The summed E-state index contributed by atoms with van der Waals surface area (Å²) in [6.07, 6.45) is -4.69. The molecule has 0 aliphatic rings. The third-order valence-corrected chi connectivity index (χ3v) is 4.30. The molecule has 0 heterocycles. The number of nitro benzene ring substituents is 1. The molecule has 11 heteroatoms. The second-order valence-corrected chi connectivity index (χ2v) is 6.14. The lowest BCUT2D eigenvalue weighted by atomic mass is 10.1. The minimum Gasteiger partial charge on any atom is -0.481 e. The van der Waals surface area contributed by atoms with Gasteiger partial charge >= 0.3 is 12.1 Å². The van der Waals surface area contributed by atoms with Gasteiger partial charge in [0, 0.05) is 11.6 Å². The molecule has 0 saturated heterocycles. The van der Waals surface area contributed by atoms with Gasteiger partial charge in [-0.05, 0) is 24.3 Å². The first-order chi connectivity index (χ1) is 12.6. The lowest BCUT2D eigenvalue weighted by Crippen LogP contribution is -2.16. The fraction of sp³-hybridized carbons (Fsp3) is 0.125. The first-order valence-electron chi connectivity index (χ1n) is 7.20. The molecule has 0 fully saturated rings. The molecule has 142 valence electrons. The first kappa shape index (κ1) is 20.2. The van der Waals surface area contributed by atoms with Gasteiger partial charge in [0.2, 0.25) is 0 Å². The van der Waals surface area contributed by atoms with Crippen molar-refractivity contribution in [2.45, 2.75) is 11.1 Å². The van der Waals surface area contributed by atoms with Crippen molar-refractivity contribution in [1.82, 2.24) is 0 Å². The number of nitro groups is 1. The Morgan fingerprint density at radius 2 is 1.85 bits per heavy atom. The minimum atomic E-state index is -4.69. The van der Waals surface area contributed by atoms with Crippen molar-refractivity contribution < 1.29 is 32.8 Å². The zero-order valence-corrected chi connectivity index (χ0v) is 14.1. The van der Waals surface area contributed by atoms with Crippen LogP contribution in [0.4, 0.5) is 24.5 Å². The molecule has 27 heavy (non-hydrogen) atoms. The molecule has 0 radical (unpaired) electrons. The third kappa shape index (κ3) is 5.20. The molecular formula is C16H11F3N2O5S. The SMILES string of the molecule is O=C(O)CSc1ccc(C(=O)Nc2ccccc2C(F)(F)F)cc1[N+](=O)[O-]. The van der Waals surface area contributed by atoms with Crippen molar-refractivity contribution in [2.24, 2.45) is 0 Å². The first-order valence-corrected chi connectivity index (χ1v) is 8.18. The molecule has 0 aliphatic heterocycles. The van der Waals surface area contributed by atoms with Crippen LogP contribution in [0.25, 0.3) is 0 Å². The maximum absolute atomic E-state index is 13.0. The summed E-state index contributed by atoms with van der Waals surface area (Å²) in [6.45, 7) is 0. The molecule has 0 spiro atoms. The zero-order chi connectivity index (χ0) is 20.2. The zero-order valence-electron chi connectivity index (χ0n) is 13.3. The Hall–Kier alpha value is -3.08. The van der Waals surface area contributed by atoms with Gasteiger partial charge in [-0.15, -0.1) is 11.8 Å². The molecule has 2 rings (SSSR count). The van der Waals surface area contributed by atoms with Crippen LogP contribution in [0, 0.1) is 10.1 Å². The number of rotatable bonds is 6. The number of alkyl halides is 3. The molecule has 0 unspecified atom stereocenters. The summed E-state index contributed by atoms with van der Waals surface area (Å²) in [5, 5.41) is 21.9. The molecule has 0 atom stereocenters. The maximum atomic E-state index is 13.0. The van der Waals surface area contributed by atoms with E-state index in [9.17, 15) is 32.9 Å². The van der Waals surface area contributed by atoms with Crippen molar-refractivity contribution in [3.63, 3.8) is 0 Å². The number of benzene rings is 2. The van der Waals surface area contributed by atoms with Gasteiger partial charge in [-0.25, -0.2) is 0 Å². The Morgan fingerprint density at radius 1 is 1.19 bits per heavy atom. The summed E-state index contributed by atoms with van der Waals surface area (Å²) < 4.78 is 38.9. The Labute approximate surface area is 154 Å². The predicted octanol–water partition coefficient (Wildman–Crippen LogP) is 4.04. The quantitative estimate of drug-likeness (QED) is 0.430. The smallest absolute Gasteiger partial charge is 0.418 e. The summed E-state index contributed by atoms with van der Waals surface area (Å²) in [7, 11) is 0. The van der Waals surface area contributed by atoms with Gasteiger partial charge in [0.25, 0.3) is 11.6 Å². The highest BCUT2D eigenvalue weighted by Gasteiger charge is 2.33. The van der Waals surface area contributed by atoms with E-state index in [0.29, 0.717) is 11.8 Å². The largest absolute Gasteiger partial charge is 0.481 e. The highest BCUT2D eigenvalue weighted by Crippen LogP contribution is 2.35. The lowest BCUT2D eigenvalue weighted by Gasteiger charge is -2.13. The Bertz CT molecular complexity index is 902. The monoisotopic (exact) mass is 400 g/mol. The van der Waals surface area contributed by atoms with Crippen molar-refractivity contribution in [3.8, 4) is 0 Å². The lowest BCUT2D eigenvalue weighted by molar-refractivity contribution is -0.387. The molecule has 1 amide bonds. The Morgan fingerprint density at radius 3 is 2.44 bits per heavy atom. The van der Waals surface area contributed by atoms with Crippen LogP contribution in [0.15, 0.2) is 47.4 Å². The summed E-state index contributed by atoms with van der Waals surface area (Å²) in [5.41, 5.74) is -2.29. The van der Waals surface area contributed by atoms with Crippen LogP contribution in [-0.4, -0.2) is 27.7 Å². The number of thioether (sulfide) groups is 1. The number of carboxylic acids is 1. The van der Waals surface area contributed by atoms with Crippen LogP contribution < -0.4 is 5.32 Å². The van der Waals surface area contributed by atoms with E-state index < -0.39 is 45.7 Å². The van der Waals surface area contributed by atoms with E-state index in [1.54, 1.807) is 0 Å². The third-order valence-electron chi connectivity index (χ3n) is 3.25. The summed E-state index contributed by atoms with van der Waals surface area (Å²) in [5.74, 6) is -2.57. The van der Waals surface area contributed by atoms with Crippen LogP contribution in [0.1, 0.15) is 15.9 Å². The van der Waals surface area contributed by atoms with Gasteiger partial charge < -0.3 is 10.4 Å². The topological polar surface area (TPSA) is 110 Å². The molecule has 2 aromatic rings. The minimum absolute atomic E-state index is 0.0228. The highest BCUT2D eigenvalue weighted by molar-refractivity contribution is 8.00. The molecule has 7 nitrogen and oxygen atoms in total. The van der Waals surface area contributed by atoms with E-state index in [-0.39, 0.29) is 10.5 Å². The van der Waals surface area contributed by atoms with Gasteiger partial charge in [0.05, 0.1) is 26.8 Å². The second-order valence-electron chi connectivity index (χ2n) is 5.12. The van der Waals surface area contributed by atoms with Gasteiger partial charge in [-0.2, -0.15) is 13.2 Å². The number of halogens is 3. The number of hydrogen-bond acceptors (Lipinski definition) is 5. The molecule has 2 aromatic carbocycles. The number of nitrogens with zero attached hydrogens (tertiary/aromatic N) is 1. The van der Waals surface area contributed by atoms with Gasteiger partial charge in [0.1, 0.15) is 0 Å². The van der Waals surface area contributed by atoms with E-state index in [2.05, 4.69) is 5.32 Å². The Balaban J connectivity index is 2.31. The average molecular weight is 400 g/mol. The number of anilines is 1. The molecule has 2 N–H and O–H groups in total. The van der Waals surface area contributed by atoms with Crippen molar-refractivity contribution in [3.05, 3.63) is 63.7 Å². The van der Waals surface area contributed by atoms with E-state index in [1.807, 2.05) is 0 Å². The fourth-order valence-corrected chi connectivity index (χ4v) is 2.82. The van der Waals surface area contributed by atoms with Crippen molar-refractivity contribution in [2.75, 3.05) is 11.1 Å². The van der Waals surface area contributed by atoms with Crippen LogP contribution in [0.2, 0.25) is 0 Å². The van der Waals surface area contributed by atoms with Crippen LogP contribution in [0.3, 0.4) is 0 Å². The number of nitrogens with one attached hydrogen (secondary N) is 1. The van der Waals surface area contributed by atoms with Gasteiger partial charge in [-0.3, -0.25) is 19.7 Å². The fourth-order valence-electron chi connectivity index (χ4n) is 2.10. The standard InChI is InChI=1S/C16H11F3N2O5S/c17-16(18,19)10-3-1-2-4-11(10)20-15(24)9-5-6-13(27-8-14(22)23)12(7-9)21(25)26/h1-7H,8H2,(H,20,24)(H,22,23). The van der Waals surface area contributed by atoms with E-state index in [1.165, 1.54) is 18.2 Å². The number of hydrogen-bond donors (Lipinski definition) is 2. The molecule has 0 saturated carbocycles. The van der Waals surface area contributed by atoms with Gasteiger partial charge in [0.15, 0.2) is 0 Å². The van der Waals surface area contributed by atoms with Crippen molar-refractivity contribution >= 4 is 35.0 Å². The van der Waals surface area contributed by atoms with E-state index >= 15 is 0 Å². The van der Waals surface area contributed by atoms with Crippen LogP contribution in [0.5, 0.6) is 0 Å². The number of aliphatic carboxylic acids is 1. The summed E-state index contributed by atoms with van der Waals surface area (Å²) >= 11 is 0.692. The number of para-hydroxylation sites is 1. The number of carbonyl (C=O) groups is 2. The van der Waals surface area contributed by atoms with E-state index in [4.69, 9.17) is 5.11 Å². The molecule has 0 aromatic heterocycles. The maximum Gasteiger partial charge on any atom is 0.418 e. The van der Waals surface area contributed by atoms with Gasteiger partial charge in [-0.1, -0.05) is 12.1 Å². The van der Waals surface area contributed by atoms with Crippen LogP contribution >= 0.6 is 11.8 Å².